The molecule has 12 rings (SSSR count). The summed E-state index contributed by atoms with van der Waals surface area (Å²) in [5, 5.41) is 15.6. The van der Waals surface area contributed by atoms with Crippen LogP contribution in [0.5, 0.6) is 0 Å². The van der Waals surface area contributed by atoms with Crippen LogP contribution in [-0.2, 0) is 0 Å². The van der Waals surface area contributed by atoms with Gasteiger partial charge < -0.3 is 0 Å². The Morgan fingerprint density at radius 3 is 1.37 bits per heavy atom. The molecule has 250 valence electrons. The highest BCUT2D eigenvalue weighted by Crippen LogP contribution is 2.49. The highest BCUT2D eigenvalue weighted by Gasteiger charge is 2.20. The van der Waals surface area contributed by atoms with Gasteiger partial charge in [0.15, 0.2) is 0 Å². The number of thiophene rings is 2. The molecule has 0 N–H and O–H groups in total. The predicted molar refractivity (Wildman–Crippen MR) is 239 cm³/mol. The molecule has 54 heavy (non-hydrogen) atoms. The first kappa shape index (κ1) is 30.2. The molecule has 12 aromatic rings. The van der Waals surface area contributed by atoms with Crippen LogP contribution in [0.2, 0.25) is 0 Å². The van der Waals surface area contributed by atoms with Crippen molar-refractivity contribution in [2.75, 3.05) is 0 Å². The van der Waals surface area contributed by atoms with Gasteiger partial charge in [0, 0.05) is 30.9 Å². The van der Waals surface area contributed by atoms with Crippen molar-refractivity contribution in [1.82, 2.24) is 0 Å². The van der Waals surface area contributed by atoms with Crippen LogP contribution >= 0.6 is 22.7 Å². The third-order valence-electron chi connectivity index (χ3n) is 11.5. The summed E-state index contributed by atoms with van der Waals surface area (Å²) in [4.78, 5) is 0. The Morgan fingerprint density at radius 1 is 0.259 bits per heavy atom. The van der Waals surface area contributed by atoms with Crippen molar-refractivity contribution < 1.29 is 0 Å². The van der Waals surface area contributed by atoms with Crippen LogP contribution in [0.4, 0.5) is 0 Å². The van der Waals surface area contributed by atoms with Gasteiger partial charge in [-0.3, -0.25) is 0 Å². The van der Waals surface area contributed by atoms with Crippen molar-refractivity contribution in [1.29, 1.82) is 0 Å². The molecule has 0 aliphatic rings. The van der Waals surface area contributed by atoms with E-state index >= 15 is 0 Å². The Morgan fingerprint density at radius 2 is 0.704 bits per heavy atom. The van der Waals surface area contributed by atoms with Crippen molar-refractivity contribution in [3.63, 3.8) is 0 Å². The topological polar surface area (TPSA) is 0 Å². The number of hydrogen-bond acceptors (Lipinski definition) is 2. The van der Waals surface area contributed by atoms with Crippen LogP contribution in [0.1, 0.15) is 0 Å². The first-order chi connectivity index (χ1) is 26.8. The quantitative estimate of drug-likeness (QED) is 0.160. The molecule has 0 radical (unpaired) electrons. The van der Waals surface area contributed by atoms with Gasteiger partial charge in [-0.25, -0.2) is 0 Å². The molecule has 0 aliphatic heterocycles. The SMILES string of the molecule is c1ccc2c(-c3c4ccccc4c(-c4ccc(-c5ccc6c(c5)sc5c6ccc6c7ccccc7sc65)c5ccccc45)c4ccccc34)cccc2c1. The van der Waals surface area contributed by atoms with Gasteiger partial charge in [-0.05, 0) is 88.6 Å². The third-order valence-corrected chi connectivity index (χ3v) is 14.0. The van der Waals surface area contributed by atoms with Gasteiger partial charge in [-0.1, -0.05) is 170 Å². The van der Waals surface area contributed by atoms with Gasteiger partial charge in [0.2, 0.25) is 0 Å². The van der Waals surface area contributed by atoms with Crippen LogP contribution in [0.15, 0.2) is 182 Å². The summed E-state index contributed by atoms with van der Waals surface area (Å²) < 4.78 is 5.49. The van der Waals surface area contributed by atoms with Crippen molar-refractivity contribution in [2.45, 2.75) is 0 Å². The fraction of sp³-hybridized carbons (Fsp3) is 0. The Balaban J connectivity index is 1.08. The molecule has 0 saturated carbocycles. The fourth-order valence-electron chi connectivity index (χ4n) is 9.11. The molecule has 0 fully saturated rings. The number of fused-ring (bicyclic) bond motifs is 11. The lowest BCUT2D eigenvalue weighted by molar-refractivity contribution is 1.67. The molecule has 2 heteroatoms. The van der Waals surface area contributed by atoms with Crippen molar-refractivity contribution in [3.05, 3.63) is 182 Å². The van der Waals surface area contributed by atoms with E-state index in [1.807, 2.05) is 22.7 Å². The zero-order valence-corrected chi connectivity index (χ0v) is 30.8. The van der Waals surface area contributed by atoms with E-state index in [1.54, 1.807) is 0 Å². The van der Waals surface area contributed by atoms with Gasteiger partial charge in [-0.15, -0.1) is 22.7 Å². The normalized spacial score (nSPS) is 12.1. The van der Waals surface area contributed by atoms with E-state index in [1.165, 1.54) is 117 Å². The molecule has 2 heterocycles. The van der Waals surface area contributed by atoms with Crippen LogP contribution in [0.25, 0.3) is 117 Å². The maximum Gasteiger partial charge on any atom is 0.0534 e. The molecule has 0 aliphatic carbocycles. The lowest BCUT2D eigenvalue weighted by Crippen LogP contribution is -1.93. The molecule has 0 spiro atoms. The molecular weight excluding hydrogens is 689 g/mol. The molecule has 10 aromatic carbocycles. The summed E-state index contributed by atoms with van der Waals surface area (Å²) in [7, 11) is 0. The standard InChI is InChI=1S/C52H30S2/c1-2-14-33-31(12-1)13-11-22-39(33)49-40-18-5-7-20-42(40)50(43-21-8-6-19-41(43)49)44-27-26-34(35-15-3-4-16-36(35)44)32-24-25-38-46-29-28-45-37-17-9-10-23-47(37)53-51(45)52(46)54-48(38)30-32/h1-30H. The van der Waals surface area contributed by atoms with Gasteiger partial charge >= 0.3 is 0 Å². The average molecular weight is 719 g/mol. The lowest BCUT2D eigenvalue weighted by Gasteiger charge is -2.20. The summed E-state index contributed by atoms with van der Waals surface area (Å²) in [6, 6.07) is 67.8. The van der Waals surface area contributed by atoms with E-state index in [4.69, 9.17) is 0 Å². The monoisotopic (exact) mass is 718 g/mol. The van der Waals surface area contributed by atoms with E-state index < -0.39 is 0 Å². The summed E-state index contributed by atoms with van der Waals surface area (Å²) >= 11 is 3.85. The number of benzene rings is 10. The van der Waals surface area contributed by atoms with E-state index in [0.717, 1.165) is 0 Å². The molecule has 0 unspecified atom stereocenters. The summed E-state index contributed by atoms with van der Waals surface area (Å²) in [5.41, 5.74) is 7.65. The molecule has 2 aromatic heterocycles. The smallest absolute Gasteiger partial charge is 0.0534 e. The van der Waals surface area contributed by atoms with Crippen LogP contribution in [-0.4, -0.2) is 0 Å². The largest absolute Gasteiger partial charge is 0.134 e. The maximum absolute atomic E-state index is 2.42. The molecule has 0 saturated heterocycles. The number of rotatable bonds is 3. The van der Waals surface area contributed by atoms with Gasteiger partial charge in [0.25, 0.3) is 0 Å². The molecular formula is C52H30S2. The summed E-state index contributed by atoms with van der Waals surface area (Å²) in [5.74, 6) is 0. The Hall–Kier alpha value is -6.32. The second-order valence-electron chi connectivity index (χ2n) is 14.3. The molecule has 0 atom stereocenters. The van der Waals surface area contributed by atoms with Crippen molar-refractivity contribution >= 4 is 106 Å². The highest BCUT2D eigenvalue weighted by atomic mass is 32.1. The Bertz CT molecular complexity index is 3440. The Kier molecular flexibility index (Phi) is 6.48. The minimum absolute atomic E-state index is 1.26. The summed E-state index contributed by atoms with van der Waals surface area (Å²) in [6.07, 6.45) is 0. The Labute approximate surface area is 319 Å². The third kappa shape index (κ3) is 4.30. The fourth-order valence-corrected chi connectivity index (χ4v) is 11.7. The van der Waals surface area contributed by atoms with E-state index in [-0.39, 0.29) is 0 Å². The van der Waals surface area contributed by atoms with Crippen LogP contribution in [0, 0.1) is 0 Å². The number of hydrogen-bond donors (Lipinski definition) is 0. The van der Waals surface area contributed by atoms with Gasteiger partial charge in [0.05, 0.1) is 9.40 Å². The molecule has 0 bridgehead atoms. The molecule has 0 amide bonds. The van der Waals surface area contributed by atoms with E-state index in [9.17, 15) is 0 Å². The van der Waals surface area contributed by atoms with Crippen LogP contribution in [0.3, 0.4) is 0 Å². The highest BCUT2D eigenvalue weighted by molar-refractivity contribution is 7.33. The first-order valence-electron chi connectivity index (χ1n) is 18.5. The van der Waals surface area contributed by atoms with Crippen LogP contribution < -0.4 is 0 Å². The second-order valence-corrected chi connectivity index (χ2v) is 16.4. The average Bonchev–Trinajstić information content (AvgIpc) is 3.81. The van der Waals surface area contributed by atoms with Crippen molar-refractivity contribution in [2.24, 2.45) is 0 Å². The van der Waals surface area contributed by atoms with E-state index in [2.05, 4.69) is 182 Å². The summed E-state index contributed by atoms with van der Waals surface area (Å²) in [6.45, 7) is 0. The lowest BCUT2D eigenvalue weighted by atomic mass is 9.83. The van der Waals surface area contributed by atoms with Crippen molar-refractivity contribution in [3.8, 4) is 33.4 Å². The zero-order valence-electron chi connectivity index (χ0n) is 29.1. The first-order valence-corrected chi connectivity index (χ1v) is 20.1. The molecule has 0 nitrogen and oxygen atoms in total. The van der Waals surface area contributed by atoms with E-state index in [0.29, 0.717) is 0 Å². The van der Waals surface area contributed by atoms with Gasteiger partial charge in [-0.2, -0.15) is 0 Å². The maximum atomic E-state index is 2.42. The second kappa shape index (κ2) is 11.6. The van der Waals surface area contributed by atoms with Gasteiger partial charge in [0.1, 0.15) is 0 Å². The zero-order chi connectivity index (χ0) is 35.3. The minimum atomic E-state index is 1.26. The minimum Gasteiger partial charge on any atom is -0.134 e. The predicted octanol–water partition coefficient (Wildman–Crippen LogP) is 16.0.